The number of benzene rings is 1. The molecule has 1 saturated heterocycles. The molecule has 0 N–H and O–H groups in total. The summed E-state index contributed by atoms with van der Waals surface area (Å²) in [5, 5.41) is 0.698. The molecule has 0 unspecified atom stereocenters. The summed E-state index contributed by atoms with van der Waals surface area (Å²) in [6.07, 6.45) is -0.382. The van der Waals surface area contributed by atoms with Crippen LogP contribution in [0.15, 0.2) is 30.3 Å². The number of hydrogen-bond donors (Lipinski definition) is 0. The van der Waals surface area contributed by atoms with E-state index in [9.17, 15) is 14.0 Å². The highest BCUT2D eigenvalue weighted by Crippen LogP contribution is 2.37. The molecule has 1 aliphatic heterocycles. The van der Waals surface area contributed by atoms with Gasteiger partial charge in [0.05, 0.1) is 35.6 Å². The van der Waals surface area contributed by atoms with Gasteiger partial charge in [0.25, 0.3) is 0 Å². The minimum Gasteiger partial charge on any atom is -0.465 e. The lowest BCUT2D eigenvalue weighted by atomic mass is 10.0. The van der Waals surface area contributed by atoms with Crippen LogP contribution in [0.1, 0.15) is 43.7 Å². The van der Waals surface area contributed by atoms with Gasteiger partial charge in [0.1, 0.15) is 22.8 Å². The Balaban J connectivity index is 1.87. The number of esters is 1. The Morgan fingerprint density at radius 1 is 1.15 bits per heavy atom. The zero-order valence-corrected chi connectivity index (χ0v) is 23.6. The van der Waals surface area contributed by atoms with E-state index < -0.39 is 17.4 Å². The van der Waals surface area contributed by atoms with Gasteiger partial charge in [0.15, 0.2) is 0 Å². The number of carbonyl (C=O) groups is 2. The molecule has 0 radical (unpaired) electrons. The van der Waals surface area contributed by atoms with Gasteiger partial charge in [-0.05, 0) is 45.9 Å². The largest absolute Gasteiger partial charge is 0.465 e. The summed E-state index contributed by atoms with van der Waals surface area (Å²) in [7, 11) is 2.76. The van der Waals surface area contributed by atoms with Gasteiger partial charge in [-0.25, -0.2) is 23.9 Å². The Morgan fingerprint density at radius 3 is 2.49 bits per heavy atom. The van der Waals surface area contributed by atoms with Crippen molar-refractivity contribution in [2.45, 2.75) is 45.9 Å². The average molecular weight is 559 g/mol. The molecule has 0 bridgehead atoms. The van der Waals surface area contributed by atoms with Crippen molar-refractivity contribution >= 4 is 40.4 Å². The van der Waals surface area contributed by atoms with E-state index in [1.807, 2.05) is 32.6 Å². The smallest absolute Gasteiger partial charge is 0.410 e. The highest BCUT2D eigenvalue weighted by atomic mass is 35.5. The highest BCUT2D eigenvalue weighted by Gasteiger charge is 2.33. The topological polar surface area (TPSA) is 94.1 Å². The number of anilines is 1. The number of pyridine rings is 2. The molecule has 0 spiro atoms. The monoisotopic (exact) mass is 558 g/mol. The maximum absolute atomic E-state index is 14.7. The van der Waals surface area contributed by atoms with E-state index in [0.717, 1.165) is 0 Å². The Morgan fingerprint density at radius 2 is 1.87 bits per heavy atom. The Hall–Kier alpha value is -3.50. The minimum atomic E-state index is -0.650. The van der Waals surface area contributed by atoms with Crippen molar-refractivity contribution in [3.05, 3.63) is 52.4 Å². The number of piperazine rings is 1. The van der Waals surface area contributed by atoms with E-state index in [-0.39, 0.29) is 46.1 Å². The van der Waals surface area contributed by atoms with Crippen LogP contribution in [0.25, 0.3) is 22.2 Å². The van der Waals surface area contributed by atoms with Crippen molar-refractivity contribution in [2.75, 3.05) is 38.8 Å². The first kappa shape index (κ1) is 28.5. The number of rotatable bonds is 5. The molecule has 1 fully saturated rings. The Kier molecular flexibility index (Phi) is 8.27. The fraction of sp³-hybridized carbons (Fsp3) is 0.429. The predicted molar refractivity (Wildman–Crippen MR) is 147 cm³/mol. The van der Waals surface area contributed by atoms with Crippen LogP contribution in [0.3, 0.4) is 0 Å². The number of fused-ring (bicyclic) bond motifs is 1. The molecule has 1 amide bonds. The summed E-state index contributed by atoms with van der Waals surface area (Å²) in [5.74, 6) is -0.622. The summed E-state index contributed by atoms with van der Waals surface area (Å²) in [6.45, 7) is 8.70. The minimum absolute atomic E-state index is 0.0129. The van der Waals surface area contributed by atoms with Gasteiger partial charge >= 0.3 is 12.1 Å². The average Bonchev–Trinajstić information content (AvgIpc) is 2.87. The number of hydrogen-bond acceptors (Lipinski definition) is 8. The second-order valence-corrected chi connectivity index (χ2v) is 10.8. The SMILES string of the molecule is COCc1nc(N2CCN(C(=O)OC(C)(C)C)C[C@@H]2C)c2cc(Cl)c(-c3ccccc3F)nc2c1C(=O)OC. The van der Waals surface area contributed by atoms with Crippen LogP contribution >= 0.6 is 11.6 Å². The second-order valence-electron chi connectivity index (χ2n) is 10.3. The molecular weight excluding hydrogens is 527 g/mol. The lowest BCUT2D eigenvalue weighted by Gasteiger charge is -2.41. The number of aromatic nitrogens is 2. The van der Waals surface area contributed by atoms with Crippen molar-refractivity contribution in [1.29, 1.82) is 0 Å². The van der Waals surface area contributed by atoms with Crippen molar-refractivity contribution in [3.8, 4) is 11.3 Å². The summed E-state index contributed by atoms with van der Waals surface area (Å²) >= 11 is 6.66. The molecule has 3 aromatic rings. The molecule has 1 aliphatic rings. The Labute approximate surface area is 231 Å². The maximum atomic E-state index is 14.7. The van der Waals surface area contributed by atoms with Gasteiger partial charge < -0.3 is 24.0 Å². The lowest BCUT2D eigenvalue weighted by molar-refractivity contribution is 0.0218. The van der Waals surface area contributed by atoms with E-state index >= 15 is 0 Å². The van der Waals surface area contributed by atoms with Crippen LogP contribution in [0, 0.1) is 5.82 Å². The number of methoxy groups -OCH3 is 2. The molecule has 11 heteroatoms. The molecule has 208 valence electrons. The molecule has 1 aromatic carbocycles. The summed E-state index contributed by atoms with van der Waals surface area (Å²) in [4.78, 5) is 38.9. The van der Waals surface area contributed by atoms with Crippen LogP contribution in [0.5, 0.6) is 0 Å². The molecule has 0 saturated carbocycles. The normalized spacial score (nSPS) is 15.9. The summed E-state index contributed by atoms with van der Waals surface area (Å²) in [6, 6.07) is 7.63. The molecule has 4 rings (SSSR count). The number of halogens is 2. The molecule has 9 nitrogen and oxygen atoms in total. The number of carbonyl (C=O) groups excluding carboxylic acids is 2. The van der Waals surface area contributed by atoms with E-state index in [4.69, 9.17) is 35.8 Å². The third-order valence-electron chi connectivity index (χ3n) is 6.33. The van der Waals surface area contributed by atoms with Gasteiger partial charge in [0, 0.05) is 43.7 Å². The maximum Gasteiger partial charge on any atom is 0.410 e. The van der Waals surface area contributed by atoms with Crippen molar-refractivity contribution in [2.24, 2.45) is 0 Å². The van der Waals surface area contributed by atoms with Crippen molar-refractivity contribution in [3.63, 3.8) is 0 Å². The van der Waals surface area contributed by atoms with Crippen LogP contribution in [-0.4, -0.2) is 72.4 Å². The van der Waals surface area contributed by atoms with Crippen LogP contribution < -0.4 is 4.90 Å². The molecular formula is C28H32ClFN4O5. The van der Waals surface area contributed by atoms with E-state index in [0.29, 0.717) is 36.5 Å². The van der Waals surface area contributed by atoms with Crippen LogP contribution in [0.4, 0.5) is 15.0 Å². The molecule has 1 atom stereocenters. The summed E-state index contributed by atoms with van der Waals surface area (Å²) < 4.78 is 30.7. The van der Waals surface area contributed by atoms with E-state index in [2.05, 4.69) is 0 Å². The van der Waals surface area contributed by atoms with Crippen molar-refractivity contribution < 1.29 is 28.2 Å². The number of amides is 1. The molecule has 39 heavy (non-hydrogen) atoms. The second kappa shape index (κ2) is 11.3. The molecule has 0 aliphatic carbocycles. The predicted octanol–water partition coefficient (Wildman–Crippen LogP) is 5.47. The standard InChI is InChI=1S/C28H32ClFN4O5/c1-16-14-33(27(36)39-28(2,3)4)11-12-34(16)25-18-13-19(29)23(17-9-7-8-10-20(17)30)32-24(18)22(26(35)38-6)21(31-25)15-37-5/h7-10,13,16H,11-12,14-15H2,1-6H3/t16-/m0/s1. The van der Waals surface area contributed by atoms with Gasteiger partial charge in [-0.3, -0.25) is 0 Å². The first-order valence-electron chi connectivity index (χ1n) is 12.5. The van der Waals surface area contributed by atoms with Crippen LogP contribution in [-0.2, 0) is 20.8 Å². The van der Waals surface area contributed by atoms with Gasteiger partial charge in [-0.2, -0.15) is 0 Å². The highest BCUT2D eigenvalue weighted by molar-refractivity contribution is 6.34. The van der Waals surface area contributed by atoms with Crippen LogP contribution in [0.2, 0.25) is 5.02 Å². The van der Waals surface area contributed by atoms with Gasteiger partial charge in [-0.15, -0.1) is 0 Å². The first-order chi connectivity index (χ1) is 18.4. The number of nitrogens with zero attached hydrogens (tertiary/aromatic N) is 4. The lowest BCUT2D eigenvalue weighted by Crippen LogP contribution is -2.55. The van der Waals surface area contributed by atoms with Crippen molar-refractivity contribution in [1.82, 2.24) is 14.9 Å². The zero-order valence-electron chi connectivity index (χ0n) is 22.9. The molecule has 2 aromatic heterocycles. The Bertz CT molecular complexity index is 1410. The van der Waals surface area contributed by atoms with Gasteiger partial charge in [-0.1, -0.05) is 23.7 Å². The fourth-order valence-electron chi connectivity index (χ4n) is 4.61. The molecule has 3 heterocycles. The third kappa shape index (κ3) is 5.91. The third-order valence-corrected chi connectivity index (χ3v) is 6.62. The number of ether oxygens (including phenoxy) is 3. The van der Waals surface area contributed by atoms with Gasteiger partial charge in [0.2, 0.25) is 0 Å². The summed E-state index contributed by atoms with van der Waals surface area (Å²) in [5.41, 5.74) is 0.493. The van der Waals surface area contributed by atoms with E-state index in [1.54, 1.807) is 29.2 Å². The van der Waals surface area contributed by atoms with E-state index in [1.165, 1.54) is 20.3 Å². The first-order valence-corrected chi connectivity index (χ1v) is 12.9. The quantitative estimate of drug-likeness (QED) is 0.381. The zero-order chi connectivity index (χ0) is 28.5. The fourth-order valence-corrected chi connectivity index (χ4v) is 4.87.